The lowest BCUT2D eigenvalue weighted by Gasteiger charge is -2.11. The van der Waals surface area contributed by atoms with Crippen LogP contribution in [0.1, 0.15) is 5.56 Å². The van der Waals surface area contributed by atoms with Gasteiger partial charge in [0.15, 0.2) is 5.43 Å². The fourth-order valence-electron chi connectivity index (χ4n) is 1.70. The van der Waals surface area contributed by atoms with E-state index >= 15 is 0 Å². The topological polar surface area (TPSA) is 62.5 Å². The van der Waals surface area contributed by atoms with Crippen LogP contribution in [-0.2, 0) is 6.54 Å². The average molecular weight is 247 g/mol. The predicted octanol–water partition coefficient (Wildman–Crippen LogP) is -0.284. The second kappa shape index (κ2) is 5.16. The molecule has 92 valence electrons. The van der Waals surface area contributed by atoms with Crippen LogP contribution in [0.15, 0.2) is 47.5 Å². The van der Waals surface area contributed by atoms with Crippen LogP contribution in [-0.4, -0.2) is 21.7 Å². The van der Waals surface area contributed by atoms with Crippen LogP contribution in [0, 0.1) is 5.82 Å². The van der Waals surface area contributed by atoms with Gasteiger partial charge in [-0.2, -0.15) is 0 Å². The van der Waals surface area contributed by atoms with Crippen molar-refractivity contribution in [1.29, 1.82) is 0 Å². The minimum Gasteiger partial charge on any atom is -0.423 e. The van der Waals surface area contributed by atoms with Gasteiger partial charge in [0, 0.05) is 31.1 Å². The third-order valence-electron chi connectivity index (χ3n) is 2.60. The Kier molecular flexibility index (Phi) is 3.59. The van der Waals surface area contributed by atoms with E-state index < -0.39 is 12.9 Å². The normalized spacial score (nSPS) is 10.4. The summed E-state index contributed by atoms with van der Waals surface area (Å²) < 4.78 is 14.7. The van der Waals surface area contributed by atoms with Crippen LogP contribution >= 0.6 is 0 Å². The molecule has 2 N–H and O–H groups in total. The first-order chi connectivity index (χ1) is 8.56. The van der Waals surface area contributed by atoms with Gasteiger partial charge in [-0.3, -0.25) is 4.79 Å². The minimum atomic E-state index is -1.73. The molecule has 0 bridgehead atoms. The maximum absolute atomic E-state index is 13.0. The molecule has 4 nitrogen and oxygen atoms in total. The van der Waals surface area contributed by atoms with Crippen molar-refractivity contribution in [3.63, 3.8) is 0 Å². The average Bonchev–Trinajstić information content (AvgIpc) is 2.34. The van der Waals surface area contributed by atoms with Crippen molar-refractivity contribution >= 4 is 12.6 Å². The number of aromatic nitrogens is 1. The molecule has 6 heteroatoms. The third-order valence-corrected chi connectivity index (χ3v) is 2.60. The predicted molar refractivity (Wildman–Crippen MR) is 66.0 cm³/mol. The molecule has 0 saturated heterocycles. The molecule has 0 aliphatic carbocycles. The van der Waals surface area contributed by atoms with E-state index in [1.54, 1.807) is 17.0 Å². The fourth-order valence-corrected chi connectivity index (χ4v) is 1.70. The van der Waals surface area contributed by atoms with Gasteiger partial charge < -0.3 is 14.6 Å². The SMILES string of the molecule is O=c1ccn(Cc2ccc(F)cc2B(O)O)cc1. The van der Waals surface area contributed by atoms with Crippen molar-refractivity contribution in [2.45, 2.75) is 6.54 Å². The summed E-state index contributed by atoms with van der Waals surface area (Å²) in [6.07, 6.45) is 3.17. The zero-order valence-corrected chi connectivity index (χ0v) is 9.45. The number of rotatable bonds is 3. The monoisotopic (exact) mass is 247 g/mol. The van der Waals surface area contributed by atoms with Gasteiger partial charge in [0.1, 0.15) is 5.82 Å². The highest BCUT2D eigenvalue weighted by Gasteiger charge is 2.16. The molecule has 1 aromatic heterocycles. The summed E-state index contributed by atoms with van der Waals surface area (Å²) in [5.41, 5.74) is 0.594. The Morgan fingerprint density at radius 2 is 1.83 bits per heavy atom. The van der Waals surface area contributed by atoms with Crippen LogP contribution in [0.3, 0.4) is 0 Å². The van der Waals surface area contributed by atoms with Crippen molar-refractivity contribution < 1.29 is 14.4 Å². The molecular formula is C12H11BFNO3. The van der Waals surface area contributed by atoms with E-state index in [2.05, 4.69) is 0 Å². The molecule has 0 aliphatic heterocycles. The third kappa shape index (κ3) is 2.85. The molecule has 2 rings (SSSR count). The summed E-state index contributed by atoms with van der Waals surface area (Å²) >= 11 is 0. The molecule has 2 aromatic rings. The van der Waals surface area contributed by atoms with Crippen LogP contribution in [0.5, 0.6) is 0 Å². The van der Waals surface area contributed by atoms with E-state index in [1.165, 1.54) is 24.3 Å². The molecular weight excluding hydrogens is 236 g/mol. The van der Waals surface area contributed by atoms with Crippen LogP contribution in [0.25, 0.3) is 0 Å². The second-order valence-corrected chi connectivity index (χ2v) is 3.92. The van der Waals surface area contributed by atoms with Gasteiger partial charge in [-0.1, -0.05) is 6.07 Å². The number of nitrogens with zero attached hydrogens (tertiary/aromatic N) is 1. The number of pyridine rings is 1. The maximum atomic E-state index is 13.0. The molecule has 1 heterocycles. The number of hydrogen-bond acceptors (Lipinski definition) is 3. The van der Waals surface area contributed by atoms with E-state index in [-0.39, 0.29) is 10.9 Å². The first kappa shape index (κ1) is 12.5. The summed E-state index contributed by atoms with van der Waals surface area (Å²) in [5, 5.41) is 18.4. The molecule has 0 fully saturated rings. The first-order valence-electron chi connectivity index (χ1n) is 5.37. The van der Waals surface area contributed by atoms with Crippen LogP contribution in [0.4, 0.5) is 4.39 Å². The Balaban J connectivity index is 2.33. The molecule has 1 aromatic carbocycles. The first-order valence-corrected chi connectivity index (χ1v) is 5.37. The van der Waals surface area contributed by atoms with E-state index in [0.717, 1.165) is 6.07 Å². The lowest BCUT2D eigenvalue weighted by molar-refractivity contribution is 0.425. The lowest BCUT2D eigenvalue weighted by Crippen LogP contribution is -2.34. The summed E-state index contributed by atoms with van der Waals surface area (Å²) in [7, 11) is -1.73. The Bertz CT molecular complexity index is 592. The van der Waals surface area contributed by atoms with Gasteiger partial charge in [0.25, 0.3) is 0 Å². The molecule has 0 aliphatic rings. The quantitative estimate of drug-likeness (QED) is 0.733. The van der Waals surface area contributed by atoms with Crippen molar-refractivity contribution in [3.8, 4) is 0 Å². The molecule has 0 atom stereocenters. The molecule has 0 saturated carbocycles. The smallest absolute Gasteiger partial charge is 0.423 e. The summed E-state index contributed by atoms with van der Waals surface area (Å²) in [4.78, 5) is 11.0. The van der Waals surface area contributed by atoms with Crippen molar-refractivity contribution in [2.24, 2.45) is 0 Å². The standard InChI is InChI=1S/C12H11BFNO3/c14-10-2-1-9(12(7-10)13(17)18)8-15-5-3-11(16)4-6-15/h1-7,17-18H,8H2. The van der Waals surface area contributed by atoms with Gasteiger partial charge in [0.2, 0.25) is 0 Å². The zero-order chi connectivity index (χ0) is 13.1. The Morgan fingerprint density at radius 1 is 1.17 bits per heavy atom. The largest absolute Gasteiger partial charge is 0.488 e. The van der Waals surface area contributed by atoms with Gasteiger partial charge in [-0.15, -0.1) is 0 Å². The van der Waals surface area contributed by atoms with Crippen molar-refractivity contribution in [1.82, 2.24) is 4.57 Å². The highest BCUT2D eigenvalue weighted by atomic mass is 19.1. The van der Waals surface area contributed by atoms with Crippen molar-refractivity contribution in [3.05, 3.63) is 64.3 Å². The Labute approximate surface area is 103 Å². The summed E-state index contributed by atoms with van der Waals surface area (Å²) in [6.45, 7) is 0.327. The Morgan fingerprint density at radius 3 is 2.44 bits per heavy atom. The Hall–Kier alpha value is -1.92. The van der Waals surface area contributed by atoms with Gasteiger partial charge in [0.05, 0.1) is 0 Å². The summed E-state index contributed by atoms with van der Waals surface area (Å²) in [5.74, 6) is -0.526. The van der Waals surface area contributed by atoms with E-state index in [0.29, 0.717) is 12.1 Å². The number of halogens is 1. The molecule has 0 unspecified atom stereocenters. The lowest BCUT2D eigenvalue weighted by atomic mass is 9.77. The minimum absolute atomic E-state index is 0.104. The van der Waals surface area contributed by atoms with E-state index in [1.807, 2.05) is 0 Å². The molecule has 0 amide bonds. The highest BCUT2D eigenvalue weighted by Crippen LogP contribution is 2.03. The van der Waals surface area contributed by atoms with Crippen LogP contribution in [0.2, 0.25) is 0 Å². The molecule has 0 spiro atoms. The molecule has 0 radical (unpaired) electrons. The second-order valence-electron chi connectivity index (χ2n) is 3.92. The van der Waals surface area contributed by atoms with Gasteiger partial charge in [-0.25, -0.2) is 4.39 Å². The zero-order valence-electron chi connectivity index (χ0n) is 9.45. The summed E-state index contributed by atoms with van der Waals surface area (Å²) in [6, 6.07) is 6.63. The maximum Gasteiger partial charge on any atom is 0.488 e. The fraction of sp³-hybridized carbons (Fsp3) is 0.0833. The van der Waals surface area contributed by atoms with Crippen molar-refractivity contribution in [2.75, 3.05) is 0 Å². The van der Waals surface area contributed by atoms with Gasteiger partial charge >= 0.3 is 7.12 Å². The van der Waals surface area contributed by atoms with E-state index in [9.17, 15) is 19.2 Å². The van der Waals surface area contributed by atoms with Crippen LogP contribution < -0.4 is 10.9 Å². The molecule has 18 heavy (non-hydrogen) atoms. The van der Waals surface area contributed by atoms with E-state index in [4.69, 9.17) is 0 Å². The number of benzene rings is 1. The van der Waals surface area contributed by atoms with Gasteiger partial charge in [-0.05, 0) is 23.2 Å². The highest BCUT2D eigenvalue weighted by molar-refractivity contribution is 6.59. The number of hydrogen-bond donors (Lipinski definition) is 2.